The van der Waals surface area contributed by atoms with Gasteiger partial charge in [-0.1, -0.05) is 18.2 Å². The number of nitrogens with zero attached hydrogens (tertiary/aromatic N) is 1. The lowest BCUT2D eigenvalue weighted by molar-refractivity contribution is -0.137. The van der Waals surface area contributed by atoms with Crippen molar-refractivity contribution >= 4 is 20.9 Å². The summed E-state index contributed by atoms with van der Waals surface area (Å²) in [4.78, 5) is -0.0166. The van der Waals surface area contributed by atoms with Crippen LogP contribution in [-0.2, 0) is 22.8 Å². The van der Waals surface area contributed by atoms with Crippen molar-refractivity contribution in [3.8, 4) is 0 Å². The van der Waals surface area contributed by atoms with Crippen molar-refractivity contribution in [3.63, 3.8) is 0 Å². The minimum absolute atomic E-state index is 0.00632. The number of hydrogen-bond donors (Lipinski definition) is 1. The number of rotatable bonds is 3. The van der Waals surface area contributed by atoms with E-state index in [0.29, 0.717) is 0 Å². The molecule has 1 aromatic heterocycles. The molecule has 0 saturated heterocycles. The predicted molar refractivity (Wildman–Crippen MR) is 81.9 cm³/mol. The molecule has 2 aromatic carbocycles. The second kappa shape index (κ2) is 5.64. The molecule has 0 aliphatic rings. The molecule has 0 bridgehead atoms. The predicted octanol–water partition coefficient (Wildman–Crippen LogP) is 3.39. The first-order chi connectivity index (χ1) is 11.2. The Hall–Kier alpha value is -2.32. The van der Waals surface area contributed by atoms with Crippen LogP contribution in [0.5, 0.6) is 0 Å². The summed E-state index contributed by atoms with van der Waals surface area (Å²) >= 11 is 0. The molecule has 0 unspecified atom stereocenters. The lowest BCUT2D eigenvalue weighted by Crippen LogP contribution is -2.15. The first kappa shape index (κ1) is 16.5. The van der Waals surface area contributed by atoms with Gasteiger partial charge in [0, 0.05) is 5.39 Å². The number of alkyl halides is 3. The quantitative estimate of drug-likeness (QED) is 0.783. The Bertz CT molecular complexity index is 993. The molecule has 0 amide bonds. The third kappa shape index (κ3) is 2.67. The van der Waals surface area contributed by atoms with Gasteiger partial charge in [-0.05, 0) is 36.4 Å². The Morgan fingerprint density at radius 3 is 2.25 bits per heavy atom. The zero-order valence-corrected chi connectivity index (χ0v) is 13.0. The first-order valence-corrected chi connectivity index (χ1v) is 8.32. The molecule has 0 saturated carbocycles. The summed E-state index contributed by atoms with van der Waals surface area (Å²) in [6.07, 6.45) is -4.53. The van der Waals surface area contributed by atoms with Crippen LogP contribution < -0.4 is 0 Å². The molecule has 0 aliphatic heterocycles. The lowest BCUT2D eigenvalue weighted by Gasteiger charge is -2.11. The van der Waals surface area contributed by atoms with E-state index < -0.39 is 28.4 Å². The summed E-state index contributed by atoms with van der Waals surface area (Å²) in [6.45, 7) is -0.623. The van der Waals surface area contributed by atoms with Crippen LogP contribution in [0, 0.1) is 0 Å². The molecule has 1 N–H and O–H groups in total. The van der Waals surface area contributed by atoms with Crippen LogP contribution in [0.25, 0.3) is 10.9 Å². The Labute approximate surface area is 135 Å². The highest BCUT2D eigenvalue weighted by atomic mass is 32.2. The van der Waals surface area contributed by atoms with Gasteiger partial charge in [-0.2, -0.15) is 13.2 Å². The second-order valence-corrected chi connectivity index (χ2v) is 6.93. The molecule has 4 nitrogen and oxygen atoms in total. The average Bonchev–Trinajstić information content (AvgIpc) is 2.93. The van der Waals surface area contributed by atoms with Crippen LogP contribution in [-0.4, -0.2) is 17.5 Å². The molecule has 3 aromatic rings. The topological polar surface area (TPSA) is 59.3 Å². The number of aliphatic hydroxyl groups is 1. The van der Waals surface area contributed by atoms with Gasteiger partial charge in [0.25, 0.3) is 10.0 Å². The van der Waals surface area contributed by atoms with E-state index >= 15 is 0 Å². The van der Waals surface area contributed by atoms with Gasteiger partial charge >= 0.3 is 6.18 Å². The van der Waals surface area contributed by atoms with E-state index in [1.165, 1.54) is 18.2 Å². The Morgan fingerprint density at radius 1 is 1.00 bits per heavy atom. The molecule has 24 heavy (non-hydrogen) atoms. The summed E-state index contributed by atoms with van der Waals surface area (Å²) in [5.41, 5.74) is -0.808. The highest BCUT2D eigenvalue weighted by Crippen LogP contribution is 2.33. The Morgan fingerprint density at radius 2 is 1.67 bits per heavy atom. The number of halogens is 3. The van der Waals surface area contributed by atoms with Crippen LogP contribution >= 0.6 is 0 Å². The third-order valence-electron chi connectivity index (χ3n) is 3.60. The Balaban J connectivity index is 2.28. The van der Waals surface area contributed by atoms with E-state index in [4.69, 9.17) is 0 Å². The fourth-order valence-electron chi connectivity index (χ4n) is 2.52. The molecule has 1 heterocycles. The van der Waals surface area contributed by atoms with Crippen LogP contribution in [0.2, 0.25) is 0 Å². The molecule has 0 radical (unpaired) electrons. The number of benzene rings is 2. The highest BCUT2D eigenvalue weighted by molar-refractivity contribution is 7.90. The van der Waals surface area contributed by atoms with Crippen molar-refractivity contribution in [2.24, 2.45) is 0 Å². The maximum atomic E-state index is 12.8. The van der Waals surface area contributed by atoms with Gasteiger partial charge in [0.15, 0.2) is 0 Å². The van der Waals surface area contributed by atoms with Gasteiger partial charge in [0.1, 0.15) is 0 Å². The zero-order valence-electron chi connectivity index (χ0n) is 12.2. The van der Waals surface area contributed by atoms with E-state index in [0.717, 1.165) is 22.2 Å². The molecule has 126 valence electrons. The maximum Gasteiger partial charge on any atom is 0.416 e. The van der Waals surface area contributed by atoms with Crippen molar-refractivity contribution in [2.45, 2.75) is 17.7 Å². The van der Waals surface area contributed by atoms with Crippen LogP contribution in [0.1, 0.15) is 11.3 Å². The van der Waals surface area contributed by atoms with Gasteiger partial charge in [0.2, 0.25) is 0 Å². The van der Waals surface area contributed by atoms with Crippen LogP contribution in [0.4, 0.5) is 13.2 Å². The molecular weight excluding hydrogens is 343 g/mol. The highest BCUT2D eigenvalue weighted by Gasteiger charge is 2.31. The summed E-state index contributed by atoms with van der Waals surface area (Å²) in [6, 6.07) is 11.5. The lowest BCUT2D eigenvalue weighted by atomic mass is 10.1. The maximum absolute atomic E-state index is 12.8. The molecule has 0 spiro atoms. The summed E-state index contributed by atoms with van der Waals surface area (Å²) in [5, 5.41) is 9.54. The molecule has 8 heteroatoms. The van der Waals surface area contributed by atoms with Gasteiger partial charge in [-0.3, -0.25) is 0 Å². The molecule has 3 rings (SSSR count). The van der Waals surface area contributed by atoms with Crippen LogP contribution in [0.3, 0.4) is 0 Å². The average molecular weight is 355 g/mol. The van der Waals surface area contributed by atoms with Crippen molar-refractivity contribution in [2.75, 3.05) is 0 Å². The fraction of sp³-hybridized carbons (Fsp3) is 0.125. The van der Waals surface area contributed by atoms with Crippen LogP contribution in [0.15, 0.2) is 59.5 Å². The van der Waals surface area contributed by atoms with Gasteiger partial charge in [0.05, 0.1) is 28.3 Å². The number of hydrogen-bond acceptors (Lipinski definition) is 3. The third-order valence-corrected chi connectivity index (χ3v) is 5.38. The second-order valence-electron chi connectivity index (χ2n) is 5.15. The first-order valence-electron chi connectivity index (χ1n) is 6.88. The fourth-order valence-corrected chi connectivity index (χ4v) is 4.07. The van der Waals surface area contributed by atoms with Crippen molar-refractivity contribution < 1.29 is 26.7 Å². The standard InChI is InChI=1S/C16H12F3NO3S/c17-16(18,19)12-6-7-15-11(8-12)9-13(10-21)20(15)24(22,23)14-4-2-1-3-5-14/h1-9,21H,10H2. The van der Waals surface area contributed by atoms with E-state index in [1.807, 2.05) is 0 Å². The molecule has 0 atom stereocenters. The van der Waals surface area contributed by atoms with E-state index in [1.54, 1.807) is 18.2 Å². The smallest absolute Gasteiger partial charge is 0.390 e. The minimum atomic E-state index is -4.53. The van der Waals surface area contributed by atoms with Crippen molar-refractivity contribution in [1.82, 2.24) is 3.97 Å². The number of fused-ring (bicyclic) bond motifs is 1. The van der Waals surface area contributed by atoms with Crippen molar-refractivity contribution in [3.05, 3.63) is 65.9 Å². The summed E-state index contributed by atoms with van der Waals surface area (Å²) < 4.78 is 65.0. The monoisotopic (exact) mass is 355 g/mol. The van der Waals surface area contributed by atoms with E-state index in [-0.39, 0.29) is 21.5 Å². The molecule has 0 fully saturated rings. The minimum Gasteiger partial charge on any atom is -0.390 e. The number of aliphatic hydroxyl groups excluding tert-OH is 1. The molecular formula is C16H12F3NO3S. The van der Waals surface area contributed by atoms with E-state index in [9.17, 15) is 26.7 Å². The van der Waals surface area contributed by atoms with Gasteiger partial charge < -0.3 is 5.11 Å². The number of aromatic nitrogens is 1. The summed E-state index contributed by atoms with van der Waals surface area (Å²) in [7, 11) is -4.04. The van der Waals surface area contributed by atoms with Crippen molar-refractivity contribution in [1.29, 1.82) is 0 Å². The molecule has 0 aliphatic carbocycles. The van der Waals surface area contributed by atoms with Gasteiger partial charge in [-0.15, -0.1) is 0 Å². The largest absolute Gasteiger partial charge is 0.416 e. The normalized spacial score (nSPS) is 12.7. The summed E-state index contributed by atoms with van der Waals surface area (Å²) in [5.74, 6) is 0. The SMILES string of the molecule is O=S(=O)(c1ccccc1)n1c(CO)cc2cc(C(F)(F)F)ccc21. The van der Waals surface area contributed by atoms with Gasteiger partial charge in [-0.25, -0.2) is 12.4 Å². The Kier molecular flexibility index (Phi) is 3.89. The van der Waals surface area contributed by atoms with E-state index in [2.05, 4.69) is 0 Å². The zero-order chi connectivity index (χ0) is 17.5.